The van der Waals surface area contributed by atoms with Crippen LogP contribution in [0.3, 0.4) is 0 Å². The van der Waals surface area contributed by atoms with E-state index in [0.29, 0.717) is 6.42 Å². The first-order valence-electron chi connectivity index (χ1n) is 6.68. The molecule has 0 spiro atoms. The number of rotatable bonds is 3. The number of thiazole rings is 1. The molecule has 1 aliphatic rings. The molecule has 1 aliphatic heterocycles. The third-order valence-corrected chi connectivity index (χ3v) is 4.48. The molecule has 0 amide bonds. The lowest BCUT2D eigenvalue weighted by Crippen LogP contribution is -2.43. The molecule has 19 heavy (non-hydrogen) atoms. The van der Waals surface area contributed by atoms with Crippen LogP contribution in [0.1, 0.15) is 17.8 Å². The van der Waals surface area contributed by atoms with Crippen LogP contribution < -0.4 is 5.32 Å². The fourth-order valence-electron chi connectivity index (χ4n) is 2.48. The summed E-state index contributed by atoms with van der Waals surface area (Å²) in [5.74, 6) is 0. The highest BCUT2D eigenvalue weighted by molar-refractivity contribution is 7.09. The first kappa shape index (κ1) is 12.8. The van der Waals surface area contributed by atoms with E-state index < -0.39 is 5.60 Å². The van der Waals surface area contributed by atoms with Crippen molar-refractivity contribution in [3.63, 3.8) is 0 Å². The second kappa shape index (κ2) is 5.41. The molecule has 2 heterocycles. The summed E-state index contributed by atoms with van der Waals surface area (Å²) in [6, 6.07) is 10.2. The maximum absolute atomic E-state index is 10.5. The van der Waals surface area contributed by atoms with Gasteiger partial charge >= 0.3 is 0 Å². The second-order valence-corrected chi connectivity index (χ2v) is 6.09. The molecule has 100 valence electrons. The summed E-state index contributed by atoms with van der Waals surface area (Å²) in [5.41, 5.74) is 1.58. The summed E-state index contributed by atoms with van der Waals surface area (Å²) in [6.07, 6.45) is 2.30. The van der Waals surface area contributed by atoms with Crippen molar-refractivity contribution in [1.29, 1.82) is 0 Å². The van der Waals surface area contributed by atoms with E-state index in [1.165, 1.54) is 0 Å². The average molecular weight is 274 g/mol. The predicted molar refractivity (Wildman–Crippen MR) is 78.3 cm³/mol. The van der Waals surface area contributed by atoms with E-state index >= 15 is 0 Å². The SMILES string of the molecule is OC1(Cc2nc(-c3ccccc3)cs2)CCNCC1. The van der Waals surface area contributed by atoms with Crippen LogP contribution in [0.15, 0.2) is 35.7 Å². The smallest absolute Gasteiger partial charge is 0.0961 e. The molecular formula is C15H18N2OS. The van der Waals surface area contributed by atoms with Gasteiger partial charge in [0.25, 0.3) is 0 Å². The third kappa shape index (κ3) is 3.03. The molecule has 1 fully saturated rings. The van der Waals surface area contributed by atoms with Crippen LogP contribution in [0.4, 0.5) is 0 Å². The maximum atomic E-state index is 10.5. The minimum Gasteiger partial charge on any atom is -0.389 e. The Bertz CT molecular complexity index is 532. The quantitative estimate of drug-likeness (QED) is 0.904. The van der Waals surface area contributed by atoms with Crippen LogP contribution in [0.5, 0.6) is 0 Å². The Hall–Kier alpha value is -1.23. The summed E-state index contributed by atoms with van der Waals surface area (Å²) in [7, 11) is 0. The summed E-state index contributed by atoms with van der Waals surface area (Å²) in [6.45, 7) is 1.79. The summed E-state index contributed by atoms with van der Waals surface area (Å²) in [5, 5.41) is 16.9. The van der Waals surface area contributed by atoms with Crippen molar-refractivity contribution in [3.8, 4) is 11.3 Å². The van der Waals surface area contributed by atoms with Gasteiger partial charge in [-0.15, -0.1) is 11.3 Å². The van der Waals surface area contributed by atoms with Gasteiger partial charge in [0.15, 0.2) is 0 Å². The molecule has 0 radical (unpaired) electrons. The van der Waals surface area contributed by atoms with Gasteiger partial charge in [0.2, 0.25) is 0 Å². The zero-order valence-corrected chi connectivity index (χ0v) is 11.6. The van der Waals surface area contributed by atoms with E-state index in [9.17, 15) is 5.11 Å². The van der Waals surface area contributed by atoms with E-state index in [-0.39, 0.29) is 0 Å². The zero-order chi connectivity index (χ0) is 13.1. The van der Waals surface area contributed by atoms with E-state index in [1.807, 2.05) is 18.2 Å². The number of nitrogens with zero attached hydrogens (tertiary/aromatic N) is 1. The maximum Gasteiger partial charge on any atom is 0.0961 e. The van der Waals surface area contributed by atoms with Gasteiger partial charge < -0.3 is 10.4 Å². The Morgan fingerprint density at radius 2 is 1.95 bits per heavy atom. The molecule has 3 rings (SSSR count). The Kier molecular flexibility index (Phi) is 3.64. The zero-order valence-electron chi connectivity index (χ0n) is 10.8. The predicted octanol–water partition coefficient (Wildman–Crippen LogP) is 2.47. The molecule has 3 nitrogen and oxygen atoms in total. The molecule has 0 bridgehead atoms. The monoisotopic (exact) mass is 274 g/mol. The highest BCUT2D eigenvalue weighted by Crippen LogP contribution is 2.27. The topological polar surface area (TPSA) is 45.2 Å². The molecule has 0 atom stereocenters. The number of aromatic nitrogens is 1. The Labute approximate surface area is 117 Å². The van der Waals surface area contributed by atoms with Crippen LogP contribution in [0.2, 0.25) is 0 Å². The van der Waals surface area contributed by atoms with Crippen molar-refractivity contribution in [2.45, 2.75) is 24.9 Å². The molecule has 0 unspecified atom stereocenters. The highest BCUT2D eigenvalue weighted by atomic mass is 32.1. The number of hydrogen-bond donors (Lipinski definition) is 2. The minimum absolute atomic E-state index is 0.572. The Morgan fingerprint density at radius 1 is 1.21 bits per heavy atom. The summed E-state index contributed by atoms with van der Waals surface area (Å²) in [4.78, 5) is 4.66. The number of benzene rings is 1. The fourth-order valence-corrected chi connectivity index (χ4v) is 3.42. The largest absolute Gasteiger partial charge is 0.389 e. The van der Waals surface area contributed by atoms with E-state index in [2.05, 4.69) is 27.8 Å². The lowest BCUT2D eigenvalue weighted by atomic mass is 9.89. The molecule has 0 saturated carbocycles. The summed E-state index contributed by atoms with van der Waals surface area (Å²) >= 11 is 1.65. The number of nitrogens with one attached hydrogen (secondary N) is 1. The van der Waals surface area contributed by atoms with Gasteiger partial charge in [-0.3, -0.25) is 0 Å². The third-order valence-electron chi connectivity index (χ3n) is 3.64. The molecule has 2 N–H and O–H groups in total. The van der Waals surface area contributed by atoms with E-state index in [1.54, 1.807) is 11.3 Å². The number of piperidine rings is 1. The molecular weight excluding hydrogens is 256 g/mol. The Balaban J connectivity index is 1.75. The van der Waals surface area contributed by atoms with E-state index in [0.717, 1.165) is 42.2 Å². The number of aliphatic hydroxyl groups is 1. The lowest BCUT2D eigenvalue weighted by Gasteiger charge is -2.31. The molecule has 1 aromatic heterocycles. The normalized spacial score (nSPS) is 18.4. The number of hydrogen-bond acceptors (Lipinski definition) is 4. The van der Waals surface area contributed by atoms with Crippen LogP contribution in [0, 0.1) is 0 Å². The average Bonchev–Trinajstić information content (AvgIpc) is 2.88. The van der Waals surface area contributed by atoms with Crippen molar-refractivity contribution in [1.82, 2.24) is 10.3 Å². The van der Waals surface area contributed by atoms with Gasteiger partial charge in [-0.25, -0.2) is 4.98 Å². The van der Waals surface area contributed by atoms with Gasteiger partial charge in [0.1, 0.15) is 0 Å². The molecule has 0 aliphatic carbocycles. The highest BCUT2D eigenvalue weighted by Gasteiger charge is 2.30. The standard InChI is InChI=1S/C15H18N2OS/c18-15(6-8-16-9-7-15)10-14-17-13(11-19-14)12-4-2-1-3-5-12/h1-5,11,16,18H,6-10H2. The first-order valence-corrected chi connectivity index (χ1v) is 7.56. The van der Waals surface area contributed by atoms with Crippen molar-refractivity contribution < 1.29 is 5.11 Å². The van der Waals surface area contributed by atoms with Crippen molar-refractivity contribution in [2.75, 3.05) is 13.1 Å². The van der Waals surface area contributed by atoms with Gasteiger partial charge in [-0.2, -0.15) is 0 Å². The second-order valence-electron chi connectivity index (χ2n) is 5.14. The molecule has 1 saturated heterocycles. The molecule has 1 aromatic carbocycles. The van der Waals surface area contributed by atoms with Crippen LogP contribution in [-0.2, 0) is 6.42 Å². The molecule has 4 heteroatoms. The van der Waals surface area contributed by atoms with Gasteiger partial charge in [0.05, 0.1) is 16.3 Å². The van der Waals surface area contributed by atoms with Crippen molar-refractivity contribution in [3.05, 3.63) is 40.7 Å². The van der Waals surface area contributed by atoms with Gasteiger partial charge in [-0.1, -0.05) is 30.3 Å². The van der Waals surface area contributed by atoms with Gasteiger partial charge in [0, 0.05) is 17.4 Å². The van der Waals surface area contributed by atoms with Gasteiger partial charge in [-0.05, 0) is 25.9 Å². The first-order chi connectivity index (χ1) is 9.25. The van der Waals surface area contributed by atoms with Crippen molar-refractivity contribution >= 4 is 11.3 Å². The van der Waals surface area contributed by atoms with Crippen molar-refractivity contribution in [2.24, 2.45) is 0 Å². The Morgan fingerprint density at radius 3 is 2.68 bits per heavy atom. The lowest BCUT2D eigenvalue weighted by molar-refractivity contribution is 0.0108. The van der Waals surface area contributed by atoms with Crippen LogP contribution in [-0.4, -0.2) is 28.8 Å². The van der Waals surface area contributed by atoms with Crippen LogP contribution in [0.25, 0.3) is 11.3 Å². The van der Waals surface area contributed by atoms with Crippen LogP contribution >= 0.6 is 11.3 Å². The molecule has 2 aromatic rings. The minimum atomic E-state index is -0.572. The van der Waals surface area contributed by atoms with E-state index in [4.69, 9.17) is 0 Å². The fraction of sp³-hybridized carbons (Fsp3) is 0.400. The summed E-state index contributed by atoms with van der Waals surface area (Å²) < 4.78 is 0.